The zero-order valence-corrected chi connectivity index (χ0v) is 18.5. The summed E-state index contributed by atoms with van der Waals surface area (Å²) >= 11 is 1.25. The van der Waals surface area contributed by atoms with Crippen molar-refractivity contribution < 1.29 is 19.1 Å². The van der Waals surface area contributed by atoms with Gasteiger partial charge in [-0.1, -0.05) is 53.8 Å². The lowest BCUT2D eigenvalue weighted by Crippen LogP contribution is -2.39. The first-order valence-corrected chi connectivity index (χ1v) is 10.6. The number of esters is 2. The summed E-state index contributed by atoms with van der Waals surface area (Å²) in [5.74, 6) is -0.488. The van der Waals surface area contributed by atoms with Crippen LogP contribution in [-0.2, 0) is 14.3 Å². The van der Waals surface area contributed by atoms with E-state index in [2.05, 4.69) is 4.99 Å². The lowest BCUT2D eigenvalue weighted by molar-refractivity contribution is -0.136. The van der Waals surface area contributed by atoms with Gasteiger partial charge in [-0.3, -0.25) is 14.2 Å². The van der Waals surface area contributed by atoms with Gasteiger partial charge >= 0.3 is 11.9 Å². The van der Waals surface area contributed by atoms with Crippen molar-refractivity contribution in [2.45, 2.75) is 19.9 Å². The summed E-state index contributed by atoms with van der Waals surface area (Å²) in [6.45, 7) is 3.08. The second kappa shape index (κ2) is 8.76. The molecular formula is C24H20N2O5S. The van der Waals surface area contributed by atoms with Crippen LogP contribution in [-0.4, -0.2) is 23.6 Å². The van der Waals surface area contributed by atoms with Gasteiger partial charge in [0, 0.05) is 6.92 Å². The van der Waals surface area contributed by atoms with Crippen LogP contribution in [0.2, 0.25) is 0 Å². The van der Waals surface area contributed by atoms with Gasteiger partial charge in [-0.2, -0.15) is 0 Å². The maximum Gasteiger partial charge on any atom is 0.338 e. The van der Waals surface area contributed by atoms with Gasteiger partial charge < -0.3 is 9.47 Å². The average Bonchev–Trinajstić information content (AvgIpc) is 3.08. The summed E-state index contributed by atoms with van der Waals surface area (Å²) in [5.41, 5.74) is 2.17. The van der Waals surface area contributed by atoms with Crippen LogP contribution in [0, 0.1) is 0 Å². The van der Waals surface area contributed by atoms with E-state index in [1.54, 1.807) is 37.3 Å². The predicted octanol–water partition coefficient (Wildman–Crippen LogP) is 2.33. The molecule has 2 heterocycles. The van der Waals surface area contributed by atoms with Gasteiger partial charge in [0.2, 0.25) is 0 Å². The van der Waals surface area contributed by atoms with Crippen LogP contribution in [0.5, 0.6) is 5.75 Å². The Morgan fingerprint density at radius 3 is 2.41 bits per heavy atom. The van der Waals surface area contributed by atoms with Crippen molar-refractivity contribution in [3.63, 3.8) is 0 Å². The van der Waals surface area contributed by atoms with E-state index in [0.717, 1.165) is 11.1 Å². The third-order valence-electron chi connectivity index (χ3n) is 4.98. The summed E-state index contributed by atoms with van der Waals surface area (Å²) in [7, 11) is 1.31. The molecule has 0 bridgehead atoms. The predicted molar refractivity (Wildman–Crippen MR) is 120 cm³/mol. The number of benzene rings is 2. The van der Waals surface area contributed by atoms with Crippen molar-refractivity contribution in [1.82, 2.24) is 4.57 Å². The van der Waals surface area contributed by atoms with Crippen molar-refractivity contribution >= 4 is 29.4 Å². The highest BCUT2D eigenvalue weighted by Crippen LogP contribution is 2.30. The number of carbonyl (C=O) groups is 2. The first-order chi connectivity index (χ1) is 15.4. The second-order valence-corrected chi connectivity index (χ2v) is 8.16. The maximum atomic E-state index is 13.4. The molecule has 0 unspecified atom stereocenters. The van der Waals surface area contributed by atoms with Crippen LogP contribution in [0.4, 0.5) is 0 Å². The number of methoxy groups -OCH3 is 1. The van der Waals surface area contributed by atoms with Crippen molar-refractivity contribution in [2.75, 3.05) is 7.11 Å². The lowest BCUT2D eigenvalue weighted by Gasteiger charge is -2.24. The minimum absolute atomic E-state index is 0.249. The van der Waals surface area contributed by atoms with E-state index in [-0.39, 0.29) is 5.56 Å². The second-order valence-electron chi connectivity index (χ2n) is 7.15. The Bertz CT molecular complexity index is 1400. The molecule has 0 fully saturated rings. The Morgan fingerprint density at radius 1 is 1.09 bits per heavy atom. The standard InChI is InChI=1S/C24H20N2O5S/c1-14-20(23(29)30-3)21(17-7-5-4-6-8-17)26-22(28)19(32-24(26)25-14)13-16-9-11-18(12-10-16)31-15(2)27/h4-13,21H,1-3H3/b19-13-/t21-/m1/s1. The highest BCUT2D eigenvalue weighted by molar-refractivity contribution is 7.07. The zero-order valence-electron chi connectivity index (χ0n) is 17.7. The number of hydrogen-bond acceptors (Lipinski definition) is 7. The van der Waals surface area contributed by atoms with Crippen LogP contribution in [0.15, 0.2) is 75.7 Å². The van der Waals surface area contributed by atoms with Gasteiger partial charge in [0.1, 0.15) is 5.75 Å². The molecule has 0 radical (unpaired) electrons. The Labute approximate surface area is 187 Å². The van der Waals surface area contributed by atoms with E-state index in [9.17, 15) is 14.4 Å². The molecular weight excluding hydrogens is 428 g/mol. The fraction of sp³-hybridized carbons (Fsp3) is 0.167. The number of thiazole rings is 1. The molecule has 0 N–H and O–H groups in total. The SMILES string of the molecule is COC(=O)C1=C(C)N=c2s/c(=C\c3ccc(OC(C)=O)cc3)c(=O)n2[C@@H]1c1ccccc1. The van der Waals surface area contributed by atoms with Crippen LogP contribution in [0.3, 0.4) is 0 Å². The van der Waals surface area contributed by atoms with Gasteiger partial charge in [-0.15, -0.1) is 0 Å². The van der Waals surface area contributed by atoms with Crippen molar-refractivity contribution in [3.05, 3.63) is 96.7 Å². The Balaban J connectivity index is 1.86. The van der Waals surface area contributed by atoms with Crippen LogP contribution < -0.4 is 19.6 Å². The number of hydrogen-bond donors (Lipinski definition) is 0. The fourth-order valence-electron chi connectivity index (χ4n) is 3.59. The first-order valence-electron chi connectivity index (χ1n) is 9.83. The summed E-state index contributed by atoms with van der Waals surface area (Å²) in [4.78, 5) is 42.1. The number of fused-ring (bicyclic) bond motifs is 1. The topological polar surface area (TPSA) is 87.0 Å². The van der Waals surface area contributed by atoms with E-state index in [1.807, 2.05) is 30.3 Å². The molecule has 0 saturated carbocycles. The van der Waals surface area contributed by atoms with E-state index in [0.29, 0.717) is 26.4 Å². The van der Waals surface area contributed by atoms with Gasteiger partial charge in [-0.25, -0.2) is 9.79 Å². The Hall–Kier alpha value is -3.78. The van der Waals surface area contributed by atoms with Crippen LogP contribution in [0.25, 0.3) is 6.08 Å². The minimum Gasteiger partial charge on any atom is -0.466 e. The number of allylic oxidation sites excluding steroid dienone is 1. The molecule has 1 aliphatic heterocycles. The lowest BCUT2D eigenvalue weighted by atomic mass is 9.96. The monoisotopic (exact) mass is 448 g/mol. The Morgan fingerprint density at radius 2 is 1.78 bits per heavy atom. The van der Waals surface area contributed by atoms with E-state index < -0.39 is 18.0 Å². The summed E-state index contributed by atoms with van der Waals surface area (Å²) in [5, 5.41) is 0. The first kappa shape index (κ1) is 21.5. The molecule has 4 rings (SSSR count). The molecule has 7 nitrogen and oxygen atoms in total. The third kappa shape index (κ3) is 4.04. The third-order valence-corrected chi connectivity index (χ3v) is 5.96. The highest BCUT2D eigenvalue weighted by Gasteiger charge is 2.32. The molecule has 1 aliphatic rings. The zero-order chi connectivity index (χ0) is 22.8. The summed E-state index contributed by atoms with van der Waals surface area (Å²) in [6, 6.07) is 15.6. The number of carbonyl (C=O) groups excluding carboxylic acids is 2. The minimum atomic E-state index is -0.631. The van der Waals surface area contributed by atoms with Gasteiger partial charge in [0.25, 0.3) is 5.56 Å². The molecule has 0 aliphatic carbocycles. The fourth-order valence-corrected chi connectivity index (χ4v) is 4.64. The molecule has 1 aromatic heterocycles. The number of ether oxygens (including phenoxy) is 2. The molecule has 3 aromatic rings. The molecule has 32 heavy (non-hydrogen) atoms. The summed E-state index contributed by atoms with van der Waals surface area (Å²) in [6.07, 6.45) is 1.75. The molecule has 0 amide bonds. The molecule has 2 aromatic carbocycles. The van der Waals surface area contributed by atoms with E-state index in [4.69, 9.17) is 9.47 Å². The molecule has 0 saturated heterocycles. The van der Waals surface area contributed by atoms with Crippen LogP contribution >= 0.6 is 11.3 Å². The van der Waals surface area contributed by atoms with Gasteiger partial charge in [-0.05, 0) is 36.3 Å². The molecule has 1 atom stereocenters. The van der Waals surface area contributed by atoms with E-state index >= 15 is 0 Å². The van der Waals surface area contributed by atoms with E-state index in [1.165, 1.54) is 29.9 Å². The van der Waals surface area contributed by atoms with Crippen molar-refractivity contribution in [1.29, 1.82) is 0 Å². The Kier molecular flexibility index (Phi) is 5.87. The normalized spacial score (nSPS) is 15.7. The number of nitrogens with zero attached hydrogens (tertiary/aromatic N) is 2. The van der Waals surface area contributed by atoms with Gasteiger partial charge in [0.05, 0.1) is 29.0 Å². The van der Waals surface area contributed by atoms with Gasteiger partial charge in [0.15, 0.2) is 4.80 Å². The largest absolute Gasteiger partial charge is 0.466 e. The highest BCUT2D eigenvalue weighted by atomic mass is 32.1. The molecule has 8 heteroatoms. The summed E-state index contributed by atoms with van der Waals surface area (Å²) < 4.78 is 12.1. The molecule has 0 spiro atoms. The van der Waals surface area contributed by atoms with Crippen molar-refractivity contribution in [3.8, 4) is 5.75 Å². The molecule has 162 valence electrons. The number of rotatable bonds is 4. The van der Waals surface area contributed by atoms with Crippen LogP contribution in [0.1, 0.15) is 31.0 Å². The van der Waals surface area contributed by atoms with Crippen molar-refractivity contribution in [2.24, 2.45) is 4.99 Å². The quantitative estimate of drug-likeness (QED) is 0.452. The smallest absolute Gasteiger partial charge is 0.338 e. The maximum absolute atomic E-state index is 13.4. The average molecular weight is 449 g/mol. The number of aromatic nitrogens is 1.